The Labute approximate surface area is 175 Å². The Morgan fingerprint density at radius 1 is 1.23 bits per heavy atom. The van der Waals surface area contributed by atoms with Crippen LogP contribution in [0.25, 0.3) is 0 Å². The third-order valence-corrected chi connectivity index (χ3v) is 5.07. The summed E-state index contributed by atoms with van der Waals surface area (Å²) >= 11 is 0. The van der Waals surface area contributed by atoms with E-state index in [1.807, 2.05) is 36.4 Å². The van der Waals surface area contributed by atoms with Gasteiger partial charge in [-0.25, -0.2) is 0 Å². The lowest BCUT2D eigenvalue weighted by molar-refractivity contribution is 0.190. The summed E-state index contributed by atoms with van der Waals surface area (Å²) in [6.07, 6.45) is 3.64. The Balaban J connectivity index is 1.57. The van der Waals surface area contributed by atoms with Crippen molar-refractivity contribution >= 4 is 18.4 Å². The average Bonchev–Trinajstić information content (AvgIpc) is 3.07. The molecule has 2 aromatic carbocycles. The van der Waals surface area contributed by atoms with E-state index in [9.17, 15) is 5.02 Å². The van der Waals surface area contributed by atoms with Gasteiger partial charge in [0.2, 0.25) is 0 Å². The van der Waals surface area contributed by atoms with Crippen LogP contribution in [0.1, 0.15) is 28.4 Å². The van der Waals surface area contributed by atoms with Gasteiger partial charge in [-0.05, 0) is 46.9 Å². The van der Waals surface area contributed by atoms with E-state index in [-0.39, 0.29) is 11.9 Å². The molecule has 0 aliphatic carbocycles. The second-order valence-electron chi connectivity index (χ2n) is 7.07. The molecule has 1 aromatic heterocycles. The maximum Gasteiger partial charge on any atom is 0.491 e. The normalized spacial score (nSPS) is 15.0. The first-order valence-electron chi connectivity index (χ1n) is 9.55. The molecule has 0 bridgehead atoms. The maximum atomic E-state index is 10.2. The number of fused-ring (bicyclic) bond motifs is 1. The molecule has 152 valence electrons. The van der Waals surface area contributed by atoms with Crippen LogP contribution in [0.5, 0.6) is 11.5 Å². The molecule has 0 fully saturated rings. The van der Waals surface area contributed by atoms with Gasteiger partial charge >= 0.3 is 7.12 Å². The van der Waals surface area contributed by atoms with Gasteiger partial charge in [-0.1, -0.05) is 18.2 Å². The average molecular weight is 403 g/mol. The van der Waals surface area contributed by atoms with Crippen LogP contribution in [0.15, 0.2) is 60.9 Å². The second kappa shape index (κ2) is 8.56. The molecule has 1 aliphatic rings. The predicted octanol–water partition coefficient (Wildman–Crippen LogP) is 1.95. The van der Waals surface area contributed by atoms with Crippen molar-refractivity contribution in [3.05, 3.63) is 83.2 Å². The number of nitrogens with one attached hydrogen (secondary N) is 1. The SMILES string of the molecule is COc1ccc2c(c1)C(Cc1ccc(C(=N)N)c(OCc3cccnc3)c1)OB2O. The highest BCUT2D eigenvalue weighted by atomic mass is 16.5. The molecular formula is C22H22BN3O4. The quantitative estimate of drug-likeness (QED) is 0.316. The first-order valence-corrected chi connectivity index (χ1v) is 9.55. The van der Waals surface area contributed by atoms with Gasteiger partial charge in [-0.15, -0.1) is 0 Å². The lowest BCUT2D eigenvalue weighted by Crippen LogP contribution is -2.27. The van der Waals surface area contributed by atoms with Crippen LogP contribution in [-0.4, -0.2) is 30.1 Å². The molecule has 2 heterocycles. The van der Waals surface area contributed by atoms with Gasteiger partial charge in [0.05, 0.1) is 18.8 Å². The van der Waals surface area contributed by atoms with E-state index in [0.717, 1.165) is 22.2 Å². The Morgan fingerprint density at radius 2 is 2.10 bits per heavy atom. The Morgan fingerprint density at radius 3 is 2.83 bits per heavy atom. The van der Waals surface area contributed by atoms with Crippen LogP contribution >= 0.6 is 0 Å². The number of aromatic nitrogens is 1. The van der Waals surface area contributed by atoms with Crippen molar-refractivity contribution in [2.75, 3.05) is 7.11 Å². The molecule has 8 heteroatoms. The second-order valence-corrected chi connectivity index (χ2v) is 7.07. The Bertz CT molecular complexity index is 1060. The molecule has 4 N–H and O–H groups in total. The molecule has 30 heavy (non-hydrogen) atoms. The number of rotatable bonds is 7. The van der Waals surface area contributed by atoms with Crippen molar-refractivity contribution in [1.82, 2.24) is 4.98 Å². The van der Waals surface area contributed by atoms with Crippen molar-refractivity contribution in [2.45, 2.75) is 19.1 Å². The topological polar surface area (TPSA) is 111 Å². The smallest absolute Gasteiger partial charge is 0.491 e. The first-order chi connectivity index (χ1) is 14.5. The molecule has 1 atom stereocenters. The molecule has 4 rings (SSSR count). The number of nitrogens with two attached hydrogens (primary N) is 1. The summed E-state index contributed by atoms with van der Waals surface area (Å²) < 4.78 is 17.0. The Kier molecular flexibility index (Phi) is 5.69. The number of nitrogens with zero attached hydrogens (tertiary/aromatic N) is 1. The summed E-state index contributed by atoms with van der Waals surface area (Å²) in [6.45, 7) is 0.316. The highest BCUT2D eigenvalue weighted by Gasteiger charge is 2.35. The van der Waals surface area contributed by atoms with Gasteiger partial charge in [0, 0.05) is 24.4 Å². The zero-order valence-corrected chi connectivity index (χ0v) is 16.5. The summed E-state index contributed by atoms with van der Waals surface area (Å²) in [4.78, 5) is 4.09. The number of hydrogen-bond donors (Lipinski definition) is 3. The summed E-state index contributed by atoms with van der Waals surface area (Å²) in [5.41, 5.74) is 9.75. The number of amidine groups is 1. The fourth-order valence-corrected chi connectivity index (χ4v) is 3.54. The number of nitrogen functional groups attached to an aromatic ring is 1. The van der Waals surface area contributed by atoms with E-state index in [2.05, 4.69) is 4.98 Å². The van der Waals surface area contributed by atoms with Crippen LogP contribution in [0.4, 0.5) is 0 Å². The number of hydrogen-bond acceptors (Lipinski definition) is 6. The molecule has 0 radical (unpaired) electrons. The fraction of sp³-hybridized carbons (Fsp3) is 0.182. The largest absolute Gasteiger partial charge is 0.497 e. The molecule has 3 aromatic rings. The van der Waals surface area contributed by atoms with Crippen molar-refractivity contribution in [3.8, 4) is 11.5 Å². The van der Waals surface area contributed by atoms with Crippen LogP contribution < -0.4 is 20.7 Å². The lowest BCUT2D eigenvalue weighted by atomic mass is 9.79. The number of ether oxygens (including phenoxy) is 2. The first kappa shape index (κ1) is 19.9. The van der Waals surface area contributed by atoms with E-state index in [4.69, 9.17) is 25.3 Å². The van der Waals surface area contributed by atoms with E-state index in [0.29, 0.717) is 30.1 Å². The summed E-state index contributed by atoms with van der Waals surface area (Å²) in [5, 5.41) is 18.1. The molecule has 1 aliphatic heterocycles. The predicted molar refractivity (Wildman–Crippen MR) is 114 cm³/mol. The van der Waals surface area contributed by atoms with Crippen LogP contribution in [0.2, 0.25) is 0 Å². The summed E-state index contributed by atoms with van der Waals surface area (Å²) in [6, 6.07) is 14.8. The van der Waals surface area contributed by atoms with Gasteiger partial charge in [0.15, 0.2) is 0 Å². The van der Waals surface area contributed by atoms with Crippen LogP contribution in [-0.2, 0) is 17.7 Å². The third kappa shape index (κ3) is 4.15. The third-order valence-electron chi connectivity index (χ3n) is 5.07. The van der Waals surface area contributed by atoms with Crippen molar-refractivity contribution < 1.29 is 19.2 Å². The minimum absolute atomic E-state index is 0.0645. The molecule has 7 nitrogen and oxygen atoms in total. The molecule has 0 saturated carbocycles. The van der Waals surface area contributed by atoms with Gasteiger partial charge in [0.25, 0.3) is 0 Å². The monoisotopic (exact) mass is 403 g/mol. The number of benzene rings is 2. The number of pyridine rings is 1. The maximum absolute atomic E-state index is 10.2. The summed E-state index contributed by atoms with van der Waals surface area (Å²) in [7, 11) is 0.642. The standard InChI is InChI=1S/C22H22BN3O4/c1-28-16-5-7-19-18(11-16)21(30-23(19)27)10-14-4-6-17(22(24)25)20(9-14)29-13-15-3-2-8-26-12-15/h2-9,11-12,21,27H,10,13H2,1H3,(H3,24,25). The van der Waals surface area contributed by atoms with E-state index in [1.54, 1.807) is 31.6 Å². The van der Waals surface area contributed by atoms with Crippen molar-refractivity contribution in [3.63, 3.8) is 0 Å². The fourth-order valence-electron chi connectivity index (χ4n) is 3.54. The highest BCUT2D eigenvalue weighted by Crippen LogP contribution is 2.31. The minimum atomic E-state index is -0.964. The molecule has 0 saturated heterocycles. The molecular weight excluding hydrogens is 381 g/mol. The number of methoxy groups -OCH3 is 1. The molecule has 0 spiro atoms. The zero-order chi connectivity index (χ0) is 21.1. The van der Waals surface area contributed by atoms with Gasteiger partial charge in [-0.2, -0.15) is 0 Å². The molecule has 0 amide bonds. The van der Waals surface area contributed by atoms with E-state index >= 15 is 0 Å². The van der Waals surface area contributed by atoms with Gasteiger partial charge < -0.3 is 24.9 Å². The minimum Gasteiger partial charge on any atom is -0.497 e. The van der Waals surface area contributed by atoms with Gasteiger partial charge in [0.1, 0.15) is 23.9 Å². The van der Waals surface area contributed by atoms with Crippen LogP contribution in [0.3, 0.4) is 0 Å². The Hall–Kier alpha value is -3.36. The van der Waals surface area contributed by atoms with Crippen LogP contribution in [0, 0.1) is 5.41 Å². The van der Waals surface area contributed by atoms with E-state index < -0.39 is 7.12 Å². The van der Waals surface area contributed by atoms with Crippen molar-refractivity contribution in [2.24, 2.45) is 5.73 Å². The lowest BCUT2D eigenvalue weighted by Gasteiger charge is -2.16. The molecule has 1 unspecified atom stereocenters. The highest BCUT2D eigenvalue weighted by molar-refractivity contribution is 6.61. The van der Waals surface area contributed by atoms with Crippen molar-refractivity contribution in [1.29, 1.82) is 5.41 Å². The zero-order valence-electron chi connectivity index (χ0n) is 16.5. The van der Waals surface area contributed by atoms with Gasteiger partial charge in [-0.3, -0.25) is 10.4 Å². The van der Waals surface area contributed by atoms with E-state index in [1.165, 1.54) is 0 Å². The summed E-state index contributed by atoms with van der Waals surface area (Å²) in [5.74, 6) is 1.17.